The van der Waals surface area contributed by atoms with Crippen LogP contribution in [-0.4, -0.2) is 11.9 Å². The maximum Gasteiger partial charge on any atom is 0.252 e. The van der Waals surface area contributed by atoms with E-state index in [0.717, 1.165) is 29.3 Å². The zero-order valence-electron chi connectivity index (χ0n) is 10.7. The molecule has 94 valence electrons. The number of nitrogens with one attached hydrogen (secondary N) is 1. The molecule has 17 heavy (non-hydrogen) atoms. The predicted octanol–water partition coefficient (Wildman–Crippen LogP) is 4.07. The van der Waals surface area contributed by atoms with Crippen molar-refractivity contribution in [2.24, 2.45) is 0 Å². The highest BCUT2D eigenvalue weighted by atomic mass is 79.9. The van der Waals surface area contributed by atoms with Gasteiger partial charge in [0.15, 0.2) is 0 Å². The Bertz CT molecular complexity index is 390. The monoisotopic (exact) mass is 297 g/mol. The Kier molecular flexibility index (Phi) is 5.69. The molecule has 1 rings (SSSR count). The summed E-state index contributed by atoms with van der Waals surface area (Å²) < 4.78 is 0.862. The molecular formula is C14H20BrNO. The van der Waals surface area contributed by atoms with E-state index in [1.165, 1.54) is 0 Å². The van der Waals surface area contributed by atoms with Crippen LogP contribution >= 0.6 is 15.9 Å². The maximum atomic E-state index is 12.1. The van der Waals surface area contributed by atoms with Crippen LogP contribution < -0.4 is 5.32 Å². The molecular weight excluding hydrogens is 278 g/mol. The van der Waals surface area contributed by atoms with E-state index in [1.54, 1.807) is 0 Å². The number of benzene rings is 1. The second-order valence-electron chi connectivity index (χ2n) is 4.35. The van der Waals surface area contributed by atoms with Crippen molar-refractivity contribution in [1.29, 1.82) is 0 Å². The topological polar surface area (TPSA) is 29.1 Å². The van der Waals surface area contributed by atoms with E-state index in [0.29, 0.717) is 5.56 Å². The number of hydrogen-bond donors (Lipinski definition) is 1. The zero-order chi connectivity index (χ0) is 12.8. The van der Waals surface area contributed by atoms with Crippen molar-refractivity contribution in [1.82, 2.24) is 5.32 Å². The lowest BCUT2D eigenvalue weighted by molar-refractivity contribution is 0.0933. The average molecular weight is 298 g/mol. The Morgan fingerprint density at radius 3 is 2.65 bits per heavy atom. The minimum absolute atomic E-state index is 0.0113. The van der Waals surface area contributed by atoms with Crippen molar-refractivity contribution in [2.75, 3.05) is 0 Å². The SMILES string of the molecule is CCCC(CC)NC(=O)c1ccc(C)cc1Br. The van der Waals surface area contributed by atoms with Gasteiger partial charge in [-0.3, -0.25) is 4.79 Å². The van der Waals surface area contributed by atoms with E-state index in [9.17, 15) is 4.79 Å². The van der Waals surface area contributed by atoms with Crippen molar-refractivity contribution in [3.8, 4) is 0 Å². The normalized spacial score (nSPS) is 12.2. The summed E-state index contributed by atoms with van der Waals surface area (Å²) in [6.07, 6.45) is 3.10. The first-order valence-corrected chi connectivity index (χ1v) is 6.94. The fourth-order valence-corrected chi connectivity index (χ4v) is 2.47. The number of rotatable bonds is 5. The predicted molar refractivity (Wildman–Crippen MR) is 75.3 cm³/mol. The number of carbonyl (C=O) groups is 1. The molecule has 0 aliphatic carbocycles. The summed E-state index contributed by atoms with van der Waals surface area (Å²) in [6.45, 7) is 6.25. The zero-order valence-corrected chi connectivity index (χ0v) is 12.3. The van der Waals surface area contributed by atoms with E-state index in [4.69, 9.17) is 0 Å². The molecule has 0 saturated carbocycles. The van der Waals surface area contributed by atoms with Crippen molar-refractivity contribution in [3.63, 3.8) is 0 Å². The Morgan fingerprint density at radius 2 is 2.12 bits per heavy atom. The summed E-state index contributed by atoms with van der Waals surface area (Å²) in [6, 6.07) is 6.07. The minimum atomic E-state index is 0.0113. The standard InChI is InChI=1S/C14H20BrNO/c1-4-6-11(5-2)16-14(17)12-8-7-10(3)9-13(12)15/h7-9,11H,4-6H2,1-3H3,(H,16,17). The molecule has 0 fully saturated rings. The van der Waals surface area contributed by atoms with Gasteiger partial charge in [-0.1, -0.05) is 26.3 Å². The van der Waals surface area contributed by atoms with E-state index >= 15 is 0 Å². The number of carbonyl (C=O) groups excluding carboxylic acids is 1. The van der Waals surface area contributed by atoms with E-state index in [1.807, 2.05) is 25.1 Å². The van der Waals surface area contributed by atoms with Crippen LogP contribution in [0.25, 0.3) is 0 Å². The molecule has 1 N–H and O–H groups in total. The maximum absolute atomic E-state index is 12.1. The van der Waals surface area contributed by atoms with Gasteiger partial charge in [-0.2, -0.15) is 0 Å². The summed E-state index contributed by atoms with van der Waals surface area (Å²) in [7, 11) is 0. The van der Waals surface area contributed by atoms with E-state index in [-0.39, 0.29) is 11.9 Å². The van der Waals surface area contributed by atoms with Crippen molar-refractivity contribution >= 4 is 21.8 Å². The highest BCUT2D eigenvalue weighted by molar-refractivity contribution is 9.10. The van der Waals surface area contributed by atoms with Crippen LogP contribution in [0.15, 0.2) is 22.7 Å². The van der Waals surface area contributed by atoms with Crippen molar-refractivity contribution < 1.29 is 4.79 Å². The summed E-state index contributed by atoms with van der Waals surface area (Å²) in [5, 5.41) is 3.08. The van der Waals surface area contributed by atoms with Gasteiger partial charge in [0.2, 0.25) is 0 Å². The van der Waals surface area contributed by atoms with E-state index in [2.05, 4.69) is 35.1 Å². The van der Waals surface area contributed by atoms with Gasteiger partial charge in [-0.15, -0.1) is 0 Å². The van der Waals surface area contributed by atoms with Gasteiger partial charge in [-0.05, 0) is 53.4 Å². The quantitative estimate of drug-likeness (QED) is 0.872. The van der Waals surface area contributed by atoms with Crippen LogP contribution in [0.1, 0.15) is 49.0 Å². The molecule has 0 aromatic heterocycles. The lowest BCUT2D eigenvalue weighted by atomic mass is 10.1. The summed E-state index contributed by atoms with van der Waals surface area (Å²) in [4.78, 5) is 12.1. The first-order valence-electron chi connectivity index (χ1n) is 6.15. The molecule has 3 heteroatoms. The Balaban J connectivity index is 2.75. The smallest absolute Gasteiger partial charge is 0.252 e. The van der Waals surface area contributed by atoms with Gasteiger partial charge in [0.05, 0.1) is 5.56 Å². The van der Waals surface area contributed by atoms with Crippen LogP contribution in [-0.2, 0) is 0 Å². The Morgan fingerprint density at radius 1 is 1.41 bits per heavy atom. The molecule has 0 aliphatic heterocycles. The van der Waals surface area contributed by atoms with Gasteiger partial charge in [0.1, 0.15) is 0 Å². The second-order valence-corrected chi connectivity index (χ2v) is 5.20. The summed E-state index contributed by atoms with van der Waals surface area (Å²) >= 11 is 3.44. The average Bonchev–Trinajstić information content (AvgIpc) is 2.28. The second kappa shape index (κ2) is 6.80. The highest BCUT2D eigenvalue weighted by Gasteiger charge is 2.13. The number of aryl methyl sites for hydroxylation is 1. The van der Waals surface area contributed by atoms with Crippen molar-refractivity contribution in [2.45, 2.75) is 46.1 Å². The van der Waals surface area contributed by atoms with Crippen LogP contribution in [0.3, 0.4) is 0 Å². The van der Waals surface area contributed by atoms with Crippen LogP contribution in [0.5, 0.6) is 0 Å². The van der Waals surface area contributed by atoms with Crippen LogP contribution in [0, 0.1) is 6.92 Å². The summed E-state index contributed by atoms with van der Waals surface area (Å²) in [5.74, 6) is 0.0113. The molecule has 1 atom stereocenters. The fourth-order valence-electron chi connectivity index (χ4n) is 1.79. The molecule has 1 aromatic carbocycles. The molecule has 0 aliphatic rings. The number of halogens is 1. The third-order valence-electron chi connectivity index (χ3n) is 2.83. The van der Waals surface area contributed by atoms with Crippen LogP contribution in [0.2, 0.25) is 0 Å². The first-order chi connectivity index (χ1) is 8.08. The van der Waals surface area contributed by atoms with Crippen molar-refractivity contribution in [3.05, 3.63) is 33.8 Å². The van der Waals surface area contributed by atoms with Gasteiger partial charge in [0, 0.05) is 10.5 Å². The fraction of sp³-hybridized carbons (Fsp3) is 0.500. The lowest BCUT2D eigenvalue weighted by Gasteiger charge is -2.16. The molecule has 0 bridgehead atoms. The van der Waals surface area contributed by atoms with Gasteiger partial charge >= 0.3 is 0 Å². The van der Waals surface area contributed by atoms with Gasteiger partial charge in [0.25, 0.3) is 5.91 Å². The largest absolute Gasteiger partial charge is 0.349 e. The Hall–Kier alpha value is -0.830. The number of amides is 1. The number of hydrogen-bond acceptors (Lipinski definition) is 1. The highest BCUT2D eigenvalue weighted by Crippen LogP contribution is 2.18. The molecule has 1 amide bonds. The molecule has 2 nitrogen and oxygen atoms in total. The van der Waals surface area contributed by atoms with Crippen LogP contribution in [0.4, 0.5) is 0 Å². The first kappa shape index (κ1) is 14.2. The third kappa shape index (κ3) is 4.15. The lowest BCUT2D eigenvalue weighted by Crippen LogP contribution is -2.34. The van der Waals surface area contributed by atoms with Gasteiger partial charge in [-0.25, -0.2) is 0 Å². The Labute approximate surface area is 112 Å². The molecule has 0 spiro atoms. The molecule has 1 aromatic rings. The van der Waals surface area contributed by atoms with E-state index < -0.39 is 0 Å². The molecule has 0 radical (unpaired) electrons. The molecule has 0 saturated heterocycles. The molecule has 1 unspecified atom stereocenters. The minimum Gasteiger partial charge on any atom is -0.349 e. The molecule has 0 heterocycles. The van der Waals surface area contributed by atoms with Gasteiger partial charge < -0.3 is 5.32 Å². The third-order valence-corrected chi connectivity index (χ3v) is 3.49. The summed E-state index contributed by atoms with van der Waals surface area (Å²) in [5.41, 5.74) is 1.86.